The Labute approximate surface area is 133 Å². The van der Waals surface area contributed by atoms with Crippen LogP contribution in [0.4, 0.5) is 0 Å². The molecule has 0 aliphatic rings. The van der Waals surface area contributed by atoms with Crippen LogP contribution in [0.25, 0.3) is 10.6 Å². The van der Waals surface area contributed by atoms with Crippen molar-refractivity contribution in [3.8, 4) is 10.6 Å². The van der Waals surface area contributed by atoms with E-state index < -0.39 is 5.97 Å². The molecule has 0 spiro atoms. The molecule has 0 atom stereocenters. The highest BCUT2D eigenvalue weighted by Crippen LogP contribution is 2.27. The van der Waals surface area contributed by atoms with Gasteiger partial charge < -0.3 is 5.11 Å². The summed E-state index contributed by atoms with van der Waals surface area (Å²) in [5.41, 5.74) is 1.02. The largest absolute Gasteiger partial charge is 0.480 e. The first-order chi connectivity index (χ1) is 9.95. The van der Waals surface area contributed by atoms with Crippen molar-refractivity contribution in [1.82, 2.24) is 9.88 Å². The average molecular weight is 325 g/mol. The van der Waals surface area contributed by atoms with E-state index >= 15 is 0 Å². The molecule has 1 aromatic heterocycles. The van der Waals surface area contributed by atoms with Crippen LogP contribution in [-0.2, 0) is 11.3 Å². The van der Waals surface area contributed by atoms with Gasteiger partial charge in [-0.05, 0) is 26.0 Å². The molecule has 0 aliphatic heterocycles. The third-order valence-corrected chi connectivity index (χ3v) is 4.36. The molecular formula is C15H17ClN2O2S. The summed E-state index contributed by atoms with van der Waals surface area (Å²) in [6.45, 7) is 4.61. The van der Waals surface area contributed by atoms with Gasteiger partial charge in [-0.3, -0.25) is 9.69 Å². The second-order valence-corrected chi connectivity index (χ2v) is 6.58. The SMILES string of the molecule is CC(C)N(CC(=O)O)Cc1cnc(-c2ccc(Cl)cc2)s1. The molecule has 0 saturated heterocycles. The molecule has 21 heavy (non-hydrogen) atoms. The first-order valence-corrected chi connectivity index (χ1v) is 7.81. The Morgan fingerprint density at radius 3 is 2.62 bits per heavy atom. The number of carbonyl (C=O) groups is 1. The fraction of sp³-hybridized carbons (Fsp3) is 0.333. The molecular weight excluding hydrogens is 308 g/mol. The molecule has 0 saturated carbocycles. The Kier molecular flexibility index (Phi) is 5.33. The van der Waals surface area contributed by atoms with Crippen LogP contribution in [0.5, 0.6) is 0 Å². The summed E-state index contributed by atoms with van der Waals surface area (Å²) in [7, 11) is 0. The predicted octanol–water partition coefficient (Wildman–Crippen LogP) is 3.76. The third-order valence-electron chi connectivity index (χ3n) is 3.07. The molecule has 6 heteroatoms. The van der Waals surface area contributed by atoms with Gasteiger partial charge in [-0.15, -0.1) is 11.3 Å². The molecule has 0 radical (unpaired) electrons. The summed E-state index contributed by atoms with van der Waals surface area (Å²) in [6, 6.07) is 7.71. The maximum Gasteiger partial charge on any atom is 0.317 e. The zero-order valence-corrected chi connectivity index (χ0v) is 13.5. The van der Waals surface area contributed by atoms with Gasteiger partial charge in [-0.2, -0.15) is 0 Å². The number of aliphatic carboxylic acids is 1. The Bertz CT molecular complexity index is 610. The zero-order valence-electron chi connectivity index (χ0n) is 11.9. The molecule has 0 unspecified atom stereocenters. The fourth-order valence-corrected chi connectivity index (χ4v) is 2.97. The molecule has 1 N–H and O–H groups in total. The highest BCUT2D eigenvalue weighted by molar-refractivity contribution is 7.15. The molecule has 4 nitrogen and oxygen atoms in total. The summed E-state index contributed by atoms with van der Waals surface area (Å²) in [5.74, 6) is -0.814. The van der Waals surface area contributed by atoms with Crippen LogP contribution in [0.2, 0.25) is 5.02 Å². The molecule has 112 valence electrons. The Hall–Kier alpha value is -1.43. The van der Waals surface area contributed by atoms with Crippen molar-refractivity contribution in [3.05, 3.63) is 40.4 Å². The van der Waals surface area contributed by atoms with Gasteiger partial charge >= 0.3 is 5.97 Å². The number of thiazole rings is 1. The topological polar surface area (TPSA) is 53.4 Å². The summed E-state index contributed by atoms with van der Waals surface area (Å²) in [6.07, 6.45) is 1.81. The smallest absolute Gasteiger partial charge is 0.317 e. The van der Waals surface area contributed by atoms with Crippen molar-refractivity contribution in [2.24, 2.45) is 0 Å². The van der Waals surface area contributed by atoms with Crippen LogP contribution < -0.4 is 0 Å². The highest BCUT2D eigenvalue weighted by atomic mass is 35.5. The first kappa shape index (κ1) is 15.9. The molecule has 0 fully saturated rings. The van der Waals surface area contributed by atoms with Crippen molar-refractivity contribution in [3.63, 3.8) is 0 Å². The van der Waals surface area contributed by atoms with Gasteiger partial charge in [-0.25, -0.2) is 4.98 Å². The Morgan fingerprint density at radius 1 is 1.38 bits per heavy atom. The number of hydrogen-bond acceptors (Lipinski definition) is 4. The maximum absolute atomic E-state index is 10.9. The number of nitrogens with zero attached hydrogens (tertiary/aromatic N) is 2. The van der Waals surface area contributed by atoms with Gasteiger partial charge in [0.1, 0.15) is 5.01 Å². The lowest BCUT2D eigenvalue weighted by atomic mass is 10.2. The minimum Gasteiger partial charge on any atom is -0.480 e. The van der Waals surface area contributed by atoms with E-state index in [4.69, 9.17) is 16.7 Å². The number of carboxylic acids is 1. The fourth-order valence-electron chi connectivity index (χ4n) is 1.90. The minimum atomic E-state index is -0.814. The van der Waals surface area contributed by atoms with E-state index in [2.05, 4.69) is 4.98 Å². The van der Waals surface area contributed by atoms with Gasteiger partial charge in [0.05, 0.1) is 6.54 Å². The zero-order chi connectivity index (χ0) is 15.4. The molecule has 1 aromatic carbocycles. The molecule has 0 aliphatic carbocycles. The molecule has 2 aromatic rings. The number of aromatic nitrogens is 1. The van der Waals surface area contributed by atoms with E-state index in [-0.39, 0.29) is 12.6 Å². The second kappa shape index (κ2) is 7.02. The second-order valence-electron chi connectivity index (χ2n) is 5.03. The van der Waals surface area contributed by atoms with Gasteiger partial charge in [0.15, 0.2) is 0 Å². The van der Waals surface area contributed by atoms with Crippen molar-refractivity contribution in [1.29, 1.82) is 0 Å². The Balaban J connectivity index is 2.11. The lowest BCUT2D eigenvalue weighted by Crippen LogP contribution is -2.34. The number of carboxylic acid groups (broad SMARTS) is 1. The minimum absolute atomic E-state index is 0.0336. The van der Waals surface area contributed by atoms with E-state index in [1.54, 1.807) is 11.3 Å². The van der Waals surface area contributed by atoms with Crippen molar-refractivity contribution < 1.29 is 9.90 Å². The van der Waals surface area contributed by atoms with Crippen LogP contribution in [0, 0.1) is 0 Å². The number of rotatable bonds is 6. The van der Waals surface area contributed by atoms with Crippen LogP contribution in [0.3, 0.4) is 0 Å². The van der Waals surface area contributed by atoms with Crippen molar-refractivity contribution >= 4 is 28.9 Å². The van der Waals surface area contributed by atoms with Gasteiger partial charge in [-0.1, -0.05) is 23.7 Å². The highest BCUT2D eigenvalue weighted by Gasteiger charge is 2.15. The van der Waals surface area contributed by atoms with E-state index in [1.807, 2.05) is 49.2 Å². The summed E-state index contributed by atoms with van der Waals surface area (Å²) in [4.78, 5) is 18.3. The van der Waals surface area contributed by atoms with Crippen LogP contribution in [0.15, 0.2) is 30.5 Å². The monoisotopic (exact) mass is 324 g/mol. The lowest BCUT2D eigenvalue weighted by Gasteiger charge is -2.23. The molecule has 0 amide bonds. The average Bonchev–Trinajstić information content (AvgIpc) is 2.87. The van der Waals surface area contributed by atoms with Gasteiger partial charge in [0.25, 0.3) is 0 Å². The van der Waals surface area contributed by atoms with Crippen molar-refractivity contribution in [2.75, 3.05) is 6.54 Å². The van der Waals surface area contributed by atoms with Crippen molar-refractivity contribution in [2.45, 2.75) is 26.4 Å². The quantitative estimate of drug-likeness (QED) is 0.879. The van der Waals surface area contributed by atoms with Gasteiger partial charge in [0, 0.05) is 34.2 Å². The summed E-state index contributed by atoms with van der Waals surface area (Å²) >= 11 is 7.45. The number of hydrogen-bond donors (Lipinski definition) is 1. The normalized spacial score (nSPS) is 11.3. The maximum atomic E-state index is 10.9. The summed E-state index contributed by atoms with van der Waals surface area (Å²) < 4.78 is 0. The van der Waals surface area contributed by atoms with Crippen LogP contribution >= 0.6 is 22.9 Å². The van der Waals surface area contributed by atoms with E-state index in [1.165, 1.54) is 0 Å². The summed E-state index contributed by atoms with van der Waals surface area (Å²) in [5, 5.41) is 10.6. The van der Waals surface area contributed by atoms with E-state index in [0.29, 0.717) is 11.6 Å². The van der Waals surface area contributed by atoms with Gasteiger partial charge in [0.2, 0.25) is 0 Å². The molecule has 2 rings (SSSR count). The predicted molar refractivity (Wildman–Crippen MR) is 85.7 cm³/mol. The number of benzene rings is 1. The number of halogens is 1. The van der Waals surface area contributed by atoms with Crippen LogP contribution in [-0.4, -0.2) is 33.5 Å². The van der Waals surface area contributed by atoms with E-state index in [9.17, 15) is 4.79 Å². The molecule has 1 heterocycles. The third kappa shape index (κ3) is 4.52. The standard InChI is InChI=1S/C15H17ClN2O2S/c1-10(2)18(9-14(19)20)8-13-7-17-15(21-13)11-3-5-12(16)6-4-11/h3-7,10H,8-9H2,1-2H3,(H,19,20). The first-order valence-electron chi connectivity index (χ1n) is 6.62. The van der Waals surface area contributed by atoms with Crippen LogP contribution in [0.1, 0.15) is 18.7 Å². The Morgan fingerprint density at radius 2 is 2.05 bits per heavy atom. The van der Waals surface area contributed by atoms with E-state index in [0.717, 1.165) is 15.4 Å². The molecule has 0 bridgehead atoms. The lowest BCUT2D eigenvalue weighted by molar-refractivity contribution is -0.138.